The molecule has 0 unspecified atom stereocenters. The van der Waals surface area contributed by atoms with Gasteiger partial charge in [-0.2, -0.15) is 5.26 Å². The number of thioether (sulfide) groups is 1. The molecule has 0 saturated heterocycles. The summed E-state index contributed by atoms with van der Waals surface area (Å²) in [6.07, 6.45) is 1.72. The Bertz CT molecular complexity index is 736. The molecule has 0 fully saturated rings. The maximum atomic E-state index is 11.6. The minimum atomic E-state index is -0.146. The summed E-state index contributed by atoms with van der Waals surface area (Å²) in [6.45, 7) is 2.04. The third kappa shape index (κ3) is 4.35. The molecule has 6 heteroatoms. The molecule has 0 aliphatic rings. The van der Waals surface area contributed by atoms with Crippen molar-refractivity contribution in [2.24, 2.45) is 0 Å². The Labute approximate surface area is 132 Å². The highest BCUT2D eigenvalue weighted by atomic mass is 35.5. The zero-order valence-electron chi connectivity index (χ0n) is 11.5. The highest BCUT2D eigenvalue weighted by Gasteiger charge is 2.06. The number of aromatic amines is 1. The summed E-state index contributed by atoms with van der Waals surface area (Å²) in [6, 6.07) is 8.75. The van der Waals surface area contributed by atoms with Crippen molar-refractivity contribution >= 4 is 23.4 Å². The maximum absolute atomic E-state index is 11.6. The van der Waals surface area contributed by atoms with E-state index >= 15 is 0 Å². The molecule has 0 radical (unpaired) electrons. The van der Waals surface area contributed by atoms with E-state index in [2.05, 4.69) is 16.0 Å². The smallest absolute Gasteiger partial charge is 0.251 e. The lowest BCUT2D eigenvalue weighted by molar-refractivity contribution is 0.816. The molecule has 21 heavy (non-hydrogen) atoms. The van der Waals surface area contributed by atoms with Gasteiger partial charge < -0.3 is 4.98 Å². The predicted molar refractivity (Wildman–Crippen MR) is 84.6 cm³/mol. The first kappa shape index (κ1) is 15.6. The molecule has 0 amide bonds. The van der Waals surface area contributed by atoms with Gasteiger partial charge in [0.2, 0.25) is 0 Å². The van der Waals surface area contributed by atoms with Crippen LogP contribution in [0.1, 0.15) is 30.2 Å². The van der Waals surface area contributed by atoms with E-state index in [1.165, 1.54) is 17.8 Å². The van der Waals surface area contributed by atoms with Gasteiger partial charge in [0.1, 0.15) is 0 Å². The Balaban J connectivity index is 2.16. The number of H-pyrrole nitrogens is 1. The molecule has 0 atom stereocenters. The normalized spacial score (nSPS) is 10.3. The summed E-state index contributed by atoms with van der Waals surface area (Å²) in [5.74, 6) is 0.548. The fourth-order valence-corrected chi connectivity index (χ4v) is 2.99. The van der Waals surface area contributed by atoms with Gasteiger partial charge in [0.15, 0.2) is 5.16 Å². The fourth-order valence-electron chi connectivity index (χ4n) is 1.84. The SMILES string of the molecule is CCCc1cc(=O)[nH]c(SCc2cc(C#N)ccc2Cl)n1. The molecule has 0 aliphatic heterocycles. The molecule has 2 aromatic rings. The second kappa shape index (κ2) is 7.30. The van der Waals surface area contributed by atoms with Gasteiger partial charge in [-0.25, -0.2) is 4.98 Å². The van der Waals surface area contributed by atoms with Gasteiger partial charge in [-0.15, -0.1) is 0 Å². The molecular formula is C15H14ClN3OS. The lowest BCUT2D eigenvalue weighted by atomic mass is 10.1. The van der Waals surface area contributed by atoms with Crippen molar-refractivity contribution in [3.05, 3.63) is 56.5 Å². The minimum Gasteiger partial charge on any atom is -0.301 e. The molecule has 2 rings (SSSR count). The van der Waals surface area contributed by atoms with Crippen molar-refractivity contribution in [1.29, 1.82) is 5.26 Å². The van der Waals surface area contributed by atoms with Crippen LogP contribution < -0.4 is 5.56 Å². The van der Waals surface area contributed by atoms with Crippen molar-refractivity contribution in [1.82, 2.24) is 9.97 Å². The number of halogens is 1. The number of rotatable bonds is 5. The Morgan fingerprint density at radius 1 is 1.43 bits per heavy atom. The fraction of sp³-hybridized carbons (Fsp3) is 0.267. The van der Waals surface area contributed by atoms with Gasteiger partial charge in [-0.1, -0.05) is 36.7 Å². The largest absolute Gasteiger partial charge is 0.301 e. The Kier molecular flexibility index (Phi) is 5.43. The number of nitrogens with zero attached hydrogens (tertiary/aromatic N) is 2. The van der Waals surface area contributed by atoms with Crippen LogP contribution in [0.5, 0.6) is 0 Å². The number of benzene rings is 1. The average Bonchev–Trinajstić information content (AvgIpc) is 2.46. The lowest BCUT2D eigenvalue weighted by Gasteiger charge is -2.05. The predicted octanol–water partition coefficient (Wildman–Crippen LogP) is 3.54. The molecule has 1 aromatic heterocycles. The molecule has 4 nitrogen and oxygen atoms in total. The number of nitrogens with one attached hydrogen (secondary N) is 1. The van der Waals surface area contributed by atoms with Crippen molar-refractivity contribution in [3.8, 4) is 6.07 Å². The monoisotopic (exact) mass is 319 g/mol. The van der Waals surface area contributed by atoms with Crippen LogP contribution in [0.4, 0.5) is 0 Å². The van der Waals surface area contributed by atoms with E-state index < -0.39 is 0 Å². The number of hydrogen-bond donors (Lipinski definition) is 1. The number of aromatic nitrogens is 2. The molecule has 1 heterocycles. The first-order valence-corrected chi connectivity index (χ1v) is 7.90. The van der Waals surface area contributed by atoms with E-state index in [1.807, 2.05) is 6.92 Å². The summed E-state index contributed by atoms with van der Waals surface area (Å²) in [5.41, 5.74) is 2.06. The maximum Gasteiger partial charge on any atom is 0.251 e. The van der Waals surface area contributed by atoms with Crippen LogP contribution in [-0.2, 0) is 12.2 Å². The zero-order chi connectivity index (χ0) is 15.2. The van der Waals surface area contributed by atoms with Gasteiger partial charge in [0, 0.05) is 22.5 Å². The number of aryl methyl sites for hydroxylation is 1. The summed E-state index contributed by atoms with van der Waals surface area (Å²) in [4.78, 5) is 18.7. The van der Waals surface area contributed by atoms with Crippen LogP contribution in [0.25, 0.3) is 0 Å². The third-order valence-corrected chi connectivity index (χ3v) is 4.11. The quantitative estimate of drug-likeness (QED) is 0.676. The van der Waals surface area contributed by atoms with Gasteiger partial charge >= 0.3 is 0 Å². The molecular weight excluding hydrogens is 306 g/mol. The molecule has 0 spiro atoms. The average molecular weight is 320 g/mol. The molecule has 0 aliphatic carbocycles. The first-order chi connectivity index (χ1) is 10.1. The van der Waals surface area contributed by atoms with Gasteiger partial charge in [0.25, 0.3) is 5.56 Å². The Hall–Kier alpha value is -1.77. The van der Waals surface area contributed by atoms with Crippen LogP contribution in [0.15, 0.2) is 34.2 Å². The molecule has 0 bridgehead atoms. The molecule has 0 saturated carbocycles. The molecule has 108 valence electrons. The second-order valence-corrected chi connectivity index (χ2v) is 5.87. The van der Waals surface area contributed by atoms with E-state index in [4.69, 9.17) is 16.9 Å². The van der Waals surface area contributed by atoms with Gasteiger partial charge in [-0.3, -0.25) is 4.79 Å². The van der Waals surface area contributed by atoms with E-state index in [0.29, 0.717) is 21.5 Å². The van der Waals surface area contributed by atoms with Crippen molar-refractivity contribution in [2.45, 2.75) is 30.7 Å². The molecule has 1 N–H and O–H groups in total. The summed E-state index contributed by atoms with van der Waals surface area (Å²) in [5, 5.41) is 10.1. The highest BCUT2D eigenvalue weighted by molar-refractivity contribution is 7.98. The van der Waals surface area contributed by atoms with Crippen molar-refractivity contribution in [2.75, 3.05) is 0 Å². The lowest BCUT2D eigenvalue weighted by Crippen LogP contribution is -2.10. The van der Waals surface area contributed by atoms with Crippen LogP contribution in [0, 0.1) is 11.3 Å². The van der Waals surface area contributed by atoms with E-state index in [9.17, 15) is 4.79 Å². The van der Waals surface area contributed by atoms with Crippen molar-refractivity contribution in [3.63, 3.8) is 0 Å². The van der Waals surface area contributed by atoms with Crippen LogP contribution in [0.2, 0.25) is 5.02 Å². The third-order valence-electron chi connectivity index (χ3n) is 2.82. The zero-order valence-corrected chi connectivity index (χ0v) is 13.1. The summed E-state index contributed by atoms with van der Waals surface area (Å²) < 4.78 is 0. The summed E-state index contributed by atoms with van der Waals surface area (Å²) >= 11 is 7.52. The Morgan fingerprint density at radius 3 is 2.95 bits per heavy atom. The Morgan fingerprint density at radius 2 is 2.24 bits per heavy atom. The van der Waals surface area contributed by atoms with Gasteiger partial charge in [-0.05, 0) is 30.2 Å². The highest BCUT2D eigenvalue weighted by Crippen LogP contribution is 2.25. The van der Waals surface area contributed by atoms with Crippen LogP contribution in [-0.4, -0.2) is 9.97 Å². The van der Waals surface area contributed by atoms with Gasteiger partial charge in [0.05, 0.1) is 11.6 Å². The standard InChI is InChI=1S/C15H14ClN3OS/c1-2-3-12-7-14(20)19-15(18-12)21-9-11-6-10(8-17)4-5-13(11)16/h4-7H,2-3,9H2,1H3,(H,18,19,20). The van der Waals surface area contributed by atoms with Crippen LogP contribution in [0.3, 0.4) is 0 Å². The van der Waals surface area contributed by atoms with E-state index in [1.54, 1.807) is 18.2 Å². The topological polar surface area (TPSA) is 69.5 Å². The van der Waals surface area contributed by atoms with E-state index in [-0.39, 0.29) is 5.56 Å². The first-order valence-electron chi connectivity index (χ1n) is 6.54. The van der Waals surface area contributed by atoms with Crippen LogP contribution >= 0.6 is 23.4 Å². The van der Waals surface area contributed by atoms with Crippen molar-refractivity contribution < 1.29 is 0 Å². The minimum absolute atomic E-state index is 0.146. The summed E-state index contributed by atoms with van der Waals surface area (Å²) in [7, 11) is 0. The number of nitriles is 1. The molecule has 1 aromatic carbocycles. The van der Waals surface area contributed by atoms with E-state index in [0.717, 1.165) is 24.1 Å². The number of hydrogen-bond acceptors (Lipinski definition) is 4. The second-order valence-electron chi connectivity index (χ2n) is 4.50.